The average Bonchev–Trinajstić information content (AvgIpc) is 3.06. The molecule has 1 aromatic heterocycles. The van der Waals surface area contributed by atoms with Crippen LogP contribution in [0.2, 0.25) is 0 Å². The predicted octanol–water partition coefficient (Wildman–Crippen LogP) is 3.75. The predicted molar refractivity (Wildman–Crippen MR) is 104 cm³/mol. The van der Waals surface area contributed by atoms with Crippen LogP contribution < -0.4 is 5.32 Å². The fourth-order valence-electron chi connectivity index (χ4n) is 3.19. The van der Waals surface area contributed by atoms with Crippen LogP contribution in [0.25, 0.3) is 0 Å². The van der Waals surface area contributed by atoms with Crippen molar-refractivity contribution in [2.45, 2.75) is 31.2 Å². The van der Waals surface area contributed by atoms with Crippen molar-refractivity contribution in [1.82, 2.24) is 15.1 Å². The molecule has 2 unspecified atom stereocenters. The van der Waals surface area contributed by atoms with E-state index in [2.05, 4.69) is 41.5 Å². The Morgan fingerprint density at radius 1 is 1.24 bits per heavy atom. The van der Waals surface area contributed by atoms with Crippen LogP contribution >= 0.6 is 23.1 Å². The van der Waals surface area contributed by atoms with Crippen molar-refractivity contribution in [2.75, 3.05) is 24.2 Å². The second-order valence-corrected chi connectivity index (χ2v) is 8.95. The third-order valence-electron chi connectivity index (χ3n) is 4.23. The lowest BCUT2D eigenvalue weighted by Gasteiger charge is -2.34. The van der Waals surface area contributed by atoms with E-state index in [0.717, 1.165) is 29.1 Å². The second-order valence-electron chi connectivity index (χ2n) is 6.75. The van der Waals surface area contributed by atoms with Crippen LogP contribution in [0.5, 0.6) is 0 Å². The number of thioether (sulfide) groups is 1. The number of amides is 1. The highest BCUT2D eigenvalue weighted by molar-refractivity contribution is 8.01. The minimum absolute atomic E-state index is 0.206. The summed E-state index contributed by atoms with van der Waals surface area (Å²) in [6.45, 7) is 6.92. The summed E-state index contributed by atoms with van der Waals surface area (Å²) in [6, 6.07) is 10.2. The number of nitrogens with zero attached hydrogens (tertiary/aromatic N) is 3. The molecule has 7 heteroatoms. The first-order chi connectivity index (χ1) is 12.1. The highest BCUT2D eigenvalue weighted by atomic mass is 32.2. The molecule has 3 rings (SSSR count). The standard InChI is InChI=1S/C18H24N4OS2/c1-13-8-14(2)11-22(10-13)16(23)12-24-18-21-20-17(25-18)19-9-15-6-4-3-5-7-15/h3-7,13-14H,8-12H2,1-2H3,(H,19,20). The van der Waals surface area contributed by atoms with Gasteiger partial charge in [0, 0.05) is 19.6 Å². The molecule has 0 aliphatic carbocycles. The summed E-state index contributed by atoms with van der Waals surface area (Å²) in [6.07, 6.45) is 1.21. The number of nitrogens with one attached hydrogen (secondary N) is 1. The first kappa shape index (κ1) is 18.2. The zero-order chi connectivity index (χ0) is 17.6. The first-order valence-electron chi connectivity index (χ1n) is 8.62. The molecule has 134 valence electrons. The topological polar surface area (TPSA) is 58.1 Å². The second kappa shape index (κ2) is 8.67. The van der Waals surface area contributed by atoms with Crippen LogP contribution in [-0.4, -0.2) is 39.8 Å². The first-order valence-corrected chi connectivity index (χ1v) is 10.4. The molecule has 1 aromatic carbocycles. The molecule has 1 fully saturated rings. The monoisotopic (exact) mass is 376 g/mol. The van der Waals surface area contributed by atoms with Crippen molar-refractivity contribution in [3.8, 4) is 0 Å². The molecule has 1 aliphatic rings. The molecule has 1 saturated heterocycles. The van der Waals surface area contributed by atoms with Gasteiger partial charge in [-0.2, -0.15) is 0 Å². The fourth-order valence-corrected chi connectivity index (χ4v) is 4.84. The molecule has 2 atom stereocenters. The lowest BCUT2D eigenvalue weighted by atomic mass is 9.92. The maximum Gasteiger partial charge on any atom is 0.233 e. The van der Waals surface area contributed by atoms with Gasteiger partial charge < -0.3 is 10.2 Å². The summed E-state index contributed by atoms with van der Waals surface area (Å²) >= 11 is 2.98. The largest absolute Gasteiger partial charge is 0.356 e. The van der Waals surface area contributed by atoms with Gasteiger partial charge in [0.05, 0.1) is 5.75 Å². The lowest BCUT2D eigenvalue weighted by molar-refractivity contribution is -0.130. The van der Waals surface area contributed by atoms with E-state index in [4.69, 9.17) is 0 Å². The van der Waals surface area contributed by atoms with Crippen molar-refractivity contribution < 1.29 is 4.79 Å². The number of aromatic nitrogens is 2. The van der Waals surface area contributed by atoms with Gasteiger partial charge in [-0.1, -0.05) is 67.3 Å². The van der Waals surface area contributed by atoms with Gasteiger partial charge in [-0.15, -0.1) is 10.2 Å². The summed E-state index contributed by atoms with van der Waals surface area (Å²) in [5, 5.41) is 12.4. The number of hydrogen-bond acceptors (Lipinski definition) is 6. The molecule has 1 aliphatic heterocycles. The Hall–Kier alpha value is -1.60. The molecular weight excluding hydrogens is 352 g/mol. The molecule has 0 bridgehead atoms. The van der Waals surface area contributed by atoms with E-state index in [1.807, 2.05) is 23.1 Å². The highest BCUT2D eigenvalue weighted by Gasteiger charge is 2.25. The van der Waals surface area contributed by atoms with E-state index in [1.54, 1.807) is 0 Å². The van der Waals surface area contributed by atoms with E-state index in [1.165, 1.54) is 35.1 Å². The van der Waals surface area contributed by atoms with Crippen LogP contribution in [0.3, 0.4) is 0 Å². The number of benzene rings is 1. The number of carbonyl (C=O) groups is 1. The third kappa shape index (κ3) is 5.44. The summed E-state index contributed by atoms with van der Waals surface area (Å²) in [5.74, 6) is 1.82. The zero-order valence-electron chi connectivity index (χ0n) is 14.6. The van der Waals surface area contributed by atoms with Crippen LogP contribution in [0.4, 0.5) is 5.13 Å². The zero-order valence-corrected chi connectivity index (χ0v) is 16.3. The molecule has 0 spiro atoms. The minimum atomic E-state index is 0.206. The maximum atomic E-state index is 12.4. The average molecular weight is 377 g/mol. The number of likely N-dealkylation sites (tertiary alicyclic amines) is 1. The number of rotatable bonds is 6. The van der Waals surface area contributed by atoms with Gasteiger partial charge in [0.25, 0.3) is 0 Å². The molecule has 0 saturated carbocycles. The van der Waals surface area contributed by atoms with Crippen molar-refractivity contribution in [3.63, 3.8) is 0 Å². The third-order valence-corrected chi connectivity index (χ3v) is 6.23. The molecule has 2 heterocycles. The molecule has 25 heavy (non-hydrogen) atoms. The van der Waals surface area contributed by atoms with E-state index < -0.39 is 0 Å². The van der Waals surface area contributed by atoms with Crippen molar-refractivity contribution in [1.29, 1.82) is 0 Å². The Kier molecular flexibility index (Phi) is 6.31. The lowest BCUT2D eigenvalue weighted by Crippen LogP contribution is -2.43. The van der Waals surface area contributed by atoms with Crippen LogP contribution in [0.15, 0.2) is 34.7 Å². The van der Waals surface area contributed by atoms with Crippen molar-refractivity contribution >= 4 is 34.1 Å². The van der Waals surface area contributed by atoms with Crippen molar-refractivity contribution in [2.24, 2.45) is 11.8 Å². The normalized spacial score (nSPS) is 20.5. The van der Waals surface area contributed by atoms with Gasteiger partial charge in [-0.3, -0.25) is 4.79 Å². The summed E-state index contributed by atoms with van der Waals surface area (Å²) in [7, 11) is 0. The van der Waals surface area contributed by atoms with Gasteiger partial charge >= 0.3 is 0 Å². The Labute approximate surface area is 157 Å². The van der Waals surface area contributed by atoms with Gasteiger partial charge in [0.15, 0.2) is 4.34 Å². The number of piperidine rings is 1. The Morgan fingerprint density at radius 2 is 1.96 bits per heavy atom. The van der Waals surface area contributed by atoms with Crippen LogP contribution in [0, 0.1) is 11.8 Å². The van der Waals surface area contributed by atoms with Gasteiger partial charge in [0.2, 0.25) is 11.0 Å². The van der Waals surface area contributed by atoms with E-state index in [9.17, 15) is 4.79 Å². The Morgan fingerprint density at radius 3 is 2.68 bits per heavy atom. The molecular formula is C18H24N4OS2. The van der Waals surface area contributed by atoms with Crippen LogP contribution in [0.1, 0.15) is 25.8 Å². The Balaban J connectivity index is 1.46. The molecule has 1 amide bonds. The molecule has 2 aromatic rings. The highest BCUT2D eigenvalue weighted by Crippen LogP contribution is 2.27. The van der Waals surface area contributed by atoms with Gasteiger partial charge in [0.1, 0.15) is 0 Å². The van der Waals surface area contributed by atoms with Crippen LogP contribution in [-0.2, 0) is 11.3 Å². The summed E-state index contributed by atoms with van der Waals surface area (Å²) in [4.78, 5) is 14.4. The number of carbonyl (C=O) groups excluding carboxylic acids is 1. The van der Waals surface area contributed by atoms with E-state index in [0.29, 0.717) is 17.6 Å². The minimum Gasteiger partial charge on any atom is -0.356 e. The number of hydrogen-bond donors (Lipinski definition) is 1. The van der Waals surface area contributed by atoms with Gasteiger partial charge in [-0.05, 0) is 23.8 Å². The van der Waals surface area contributed by atoms with Gasteiger partial charge in [-0.25, -0.2) is 0 Å². The SMILES string of the molecule is CC1CC(C)CN(C(=O)CSc2nnc(NCc3ccccc3)s2)C1. The quantitative estimate of drug-likeness (QED) is 0.778. The molecule has 0 radical (unpaired) electrons. The summed E-state index contributed by atoms with van der Waals surface area (Å²) in [5.41, 5.74) is 1.20. The molecule has 5 nitrogen and oxygen atoms in total. The van der Waals surface area contributed by atoms with E-state index in [-0.39, 0.29) is 5.91 Å². The van der Waals surface area contributed by atoms with Crippen molar-refractivity contribution in [3.05, 3.63) is 35.9 Å². The number of anilines is 1. The smallest absolute Gasteiger partial charge is 0.233 e. The summed E-state index contributed by atoms with van der Waals surface area (Å²) < 4.78 is 0.835. The molecule has 1 N–H and O–H groups in total. The Bertz CT molecular complexity index is 681. The maximum absolute atomic E-state index is 12.4. The van der Waals surface area contributed by atoms with E-state index >= 15 is 0 Å². The fraction of sp³-hybridized carbons (Fsp3) is 0.500.